The van der Waals surface area contributed by atoms with Gasteiger partial charge in [0.2, 0.25) is 0 Å². The molecule has 0 rings (SSSR count). The average Bonchev–Trinajstić information content (AvgIpc) is 2.16. The highest BCUT2D eigenvalue weighted by atomic mass is 16.4. The Morgan fingerprint density at radius 1 is 1.00 bits per heavy atom. The van der Waals surface area contributed by atoms with Crippen LogP contribution in [0.15, 0.2) is 0 Å². The quantitative estimate of drug-likeness (QED) is 0.705. The summed E-state index contributed by atoms with van der Waals surface area (Å²) < 4.78 is 0. The minimum absolute atomic E-state index is 0.505. The number of carboxylic acids is 2. The number of hydrogen-bond acceptors (Lipinski definition) is 2. The third-order valence-corrected chi connectivity index (χ3v) is 3.41. The molecule has 0 aliphatic rings. The molecule has 0 bridgehead atoms. The van der Waals surface area contributed by atoms with Crippen molar-refractivity contribution in [3.05, 3.63) is 0 Å². The zero-order chi connectivity index (χ0) is 13.0. The zero-order valence-corrected chi connectivity index (χ0v) is 10.5. The number of aliphatic carboxylic acids is 2. The molecular formula is C12H22O4. The van der Waals surface area contributed by atoms with Crippen LogP contribution >= 0.6 is 0 Å². The van der Waals surface area contributed by atoms with Gasteiger partial charge in [-0.05, 0) is 40.0 Å². The van der Waals surface area contributed by atoms with E-state index < -0.39 is 22.8 Å². The summed E-state index contributed by atoms with van der Waals surface area (Å²) in [5.74, 6) is -1.64. The van der Waals surface area contributed by atoms with E-state index in [9.17, 15) is 9.59 Å². The highest BCUT2D eigenvalue weighted by molar-refractivity contribution is 5.74. The van der Waals surface area contributed by atoms with E-state index in [1.54, 1.807) is 20.8 Å². The Kier molecular flexibility index (Phi) is 4.97. The lowest BCUT2D eigenvalue weighted by Gasteiger charge is -2.25. The zero-order valence-electron chi connectivity index (χ0n) is 10.5. The van der Waals surface area contributed by atoms with Crippen LogP contribution in [0, 0.1) is 10.8 Å². The van der Waals surface area contributed by atoms with Gasteiger partial charge in [0.1, 0.15) is 0 Å². The average molecular weight is 230 g/mol. The number of carboxylic acid groups (broad SMARTS) is 2. The van der Waals surface area contributed by atoms with Crippen molar-refractivity contribution in [2.24, 2.45) is 10.8 Å². The molecule has 0 aromatic heterocycles. The van der Waals surface area contributed by atoms with Crippen molar-refractivity contribution in [1.82, 2.24) is 0 Å². The van der Waals surface area contributed by atoms with Crippen molar-refractivity contribution in [2.75, 3.05) is 0 Å². The molecule has 1 atom stereocenters. The van der Waals surface area contributed by atoms with Gasteiger partial charge in [-0.15, -0.1) is 0 Å². The molecule has 0 aliphatic carbocycles. The first-order chi connectivity index (χ1) is 7.15. The molecule has 0 saturated heterocycles. The molecule has 0 amide bonds. The van der Waals surface area contributed by atoms with Crippen LogP contribution in [-0.4, -0.2) is 22.2 Å². The summed E-state index contributed by atoms with van der Waals surface area (Å²) in [7, 11) is 0. The Bertz CT molecular complexity index is 270. The van der Waals surface area contributed by atoms with E-state index in [1.807, 2.05) is 6.92 Å². The molecule has 94 valence electrons. The molecule has 0 spiro atoms. The molecule has 2 N–H and O–H groups in total. The molecule has 16 heavy (non-hydrogen) atoms. The lowest BCUT2D eigenvalue weighted by Crippen LogP contribution is -2.28. The van der Waals surface area contributed by atoms with Crippen LogP contribution in [0.2, 0.25) is 0 Å². The largest absolute Gasteiger partial charge is 0.481 e. The van der Waals surface area contributed by atoms with Gasteiger partial charge in [-0.25, -0.2) is 0 Å². The monoisotopic (exact) mass is 230 g/mol. The fourth-order valence-electron chi connectivity index (χ4n) is 1.46. The summed E-state index contributed by atoms with van der Waals surface area (Å²) >= 11 is 0. The Morgan fingerprint density at radius 2 is 1.50 bits per heavy atom. The van der Waals surface area contributed by atoms with E-state index in [0.29, 0.717) is 25.7 Å². The normalized spacial score (nSPS) is 15.5. The predicted molar refractivity (Wildman–Crippen MR) is 61.3 cm³/mol. The molecule has 0 heterocycles. The Hall–Kier alpha value is -1.06. The van der Waals surface area contributed by atoms with Crippen LogP contribution in [0.4, 0.5) is 0 Å². The third-order valence-electron chi connectivity index (χ3n) is 3.41. The fraction of sp³-hybridized carbons (Fsp3) is 0.833. The van der Waals surface area contributed by atoms with Crippen molar-refractivity contribution < 1.29 is 19.8 Å². The van der Waals surface area contributed by atoms with Crippen LogP contribution in [-0.2, 0) is 9.59 Å². The van der Waals surface area contributed by atoms with Gasteiger partial charge in [0, 0.05) is 0 Å². The Morgan fingerprint density at radius 3 is 1.81 bits per heavy atom. The van der Waals surface area contributed by atoms with Gasteiger partial charge in [0.25, 0.3) is 0 Å². The van der Waals surface area contributed by atoms with E-state index >= 15 is 0 Å². The summed E-state index contributed by atoms with van der Waals surface area (Å²) in [4.78, 5) is 21.9. The van der Waals surface area contributed by atoms with E-state index in [1.165, 1.54) is 0 Å². The summed E-state index contributed by atoms with van der Waals surface area (Å²) in [6.07, 6.45) is 2.21. The van der Waals surface area contributed by atoms with Gasteiger partial charge in [0.05, 0.1) is 10.8 Å². The van der Waals surface area contributed by atoms with Gasteiger partial charge in [-0.1, -0.05) is 13.3 Å². The van der Waals surface area contributed by atoms with Crippen LogP contribution < -0.4 is 0 Å². The maximum atomic E-state index is 11.0. The van der Waals surface area contributed by atoms with Gasteiger partial charge in [0.15, 0.2) is 0 Å². The van der Waals surface area contributed by atoms with Crippen LogP contribution in [0.5, 0.6) is 0 Å². The molecule has 1 unspecified atom stereocenters. The second kappa shape index (κ2) is 5.32. The molecule has 0 fully saturated rings. The van der Waals surface area contributed by atoms with Crippen molar-refractivity contribution in [3.8, 4) is 0 Å². The maximum absolute atomic E-state index is 11.0. The molecule has 0 aromatic rings. The van der Waals surface area contributed by atoms with Crippen LogP contribution in [0.1, 0.15) is 53.4 Å². The lowest BCUT2D eigenvalue weighted by molar-refractivity contribution is -0.149. The van der Waals surface area contributed by atoms with Gasteiger partial charge < -0.3 is 10.2 Å². The second-order valence-corrected chi connectivity index (χ2v) is 5.26. The van der Waals surface area contributed by atoms with Crippen molar-refractivity contribution >= 4 is 11.9 Å². The minimum Gasteiger partial charge on any atom is -0.481 e. The molecule has 0 aliphatic heterocycles. The molecule has 0 saturated carbocycles. The lowest BCUT2D eigenvalue weighted by atomic mass is 9.79. The number of rotatable bonds is 7. The minimum atomic E-state index is -0.832. The fourth-order valence-corrected chi connectivity index (χ4v) is 1.46. The topological polar surface area (TPSA) is 74.6 Å². The highest BCUT2D eigenvalue weighted by Gasteiger charge is 2.33. The number of carbonyl (C=O) groups is 2. The molecule has 4 nitrogen and oxygen atoms in total. The summed E-state index contributed by atoms with van der Waals surface area (Å²) in [5, 5.41) is 18.0. The third kappa shape index (κ3) is 3.83. The van der Waals surface area contributed by atoms with Crippen molar-refractivity contribution in [3.63, 3.8) is 0 Å². The standard InChI is InChI=1S/C12H22O4/c1-5-12(4,10(15)16)8-6-7-11(2,3)9(13)14/h5-8H2,1-4H3,(H,13,14)(H,15,16). The van der Waals surface area contributed by atoms with Crippen molar-refractivity contribution in [1.29, 1.82) is 0 Å². The van der Waals surface area contributed by atoms with E-state index in [2.05, 4.69) is 0 Å². The first kappa shape index (κ1) is 14.9. The van der Waals surface area contributed by atoms with Crippen molar-refractivity contribution in [2.45, 2.75) is 53.4 Å². The Labute approximate surface area is 96.7 Å². The van der Waals surface area contributed by atoms with Gasteiger partial charge in [-0.3, -0.25) is 9.59 Å². The first-order valence-electron chi connectivity index (χ1n) is 5.62. The molecule has 0 aromatic carbocycles. The molecule has 4 heteroatoms. The second-order valence-electron chi connectivity index (χ2n) is 5.26. The number of hydrogen-bond donors (Lipinski definition) is 2. The van der Waals surface area contributed by atoms with Crippen LogP contribution in [0.25, 0.3) is 0 Å². The predicted octanol–water partition coefficient (Wildman–Crippen LogP) is 2.77. The summed E-state index contributed by atoms with van der Waals surface area (Å²) in [6, 6.07) is 0. The van der Waals surface area contributed by atoms with E-state index in [4.69, 9.17) is 10.2 Å². The van der Waals surface area contributed by atoms with Gasteiger partial charge in [-0.2, -0.15) is 0 Å². The highest BCUT2D eigenvalue weighted by Crippen LogP contribution is 2.32. The summed E-state index contributed by atoms with van der Waals surface area (Å²) in [6.45, 7) is 6.89. The smallest absolute Gasteiger partial charge is 0.309 e. The van der Waals surface area contributed by atoms with Gasteiger partial charge >= 0.3 is 11.9 Å². The van der Waals surface area contributed by atoms with E-state index in [0.717, 1.165) is 0 Å². The first-order valence-corrected chi connectivity index (χ1v) is 5.62. The summed E-state index contributed by atoms with van der Waals surface area (Å²) in [5.41, 5.74) is -1.50. The van der Waals surface area contributed by atoms with Crippen LogP contribution in [0.3, 0.4) is 0 Å². The Balaban J connectivity index is 4.26. The van der Waals surface area contributed by atoms with E-state index in [-0.39, 0.29) is 0 Å². The molecular weight excluding hydrogens is 208 g/mol. The molecule has 0 radical (unpaired) electrons. The maximum Gasteiger partial charge on any atom is 0.309 e. The SMILES string of the molecule is CCC(C)(CCCC(C)(C)C(=O)O)C(=O)O.